The third kappa shape index (κ3) is 7.43. The van der Waals surface area contributed by atoms with Crippen LogP contribution in [-0.4, -0.2) is 47.1 Å². The van der Waals surface area contributed by atoms with Crippen molar-refractivity contribution in [2.75, 3.05) is 0 Å². The number of carbonyl (C=O) groups is 3. The van der Waals surface area contributed by atoms with Gasteiger partial charge in [0.1, 0.15) is 12.1 Å². The minimum absolute atomic E-state index is 0.217. The first-order chi connectivity index (χ1) is 10.5. The number of hydrogen-bond donors (Lipinski definition) is 5. The molecule has 0 heterocycles. The highest BCUT2D eigenvalue weighted by Crippen LogP contribution is 2.05. The van der Waals surface area contributed by atoms with E-state index < -0.39 is 42.0 Å². The molecule has 8 nitrogen and oxygen atoms in total. The van der Waals surface area contributed by atoms with E-state index in [9.17, 15) is 19.5 Å². The predicted octanol–water partition coefficient (Wildman–Crippen LogP) is -1.15. The Labute approximate surface area is 137 Å². The lowest BCUT2D eigenvalue weighted by atomic mass is 10.0. The van der Waals surface area contributed by atoms with Crippen LogP contribution in [0.5, 0.6) is 0 Å². The molecule has 3 amide bonds. The Hall–Kier alpha value is -1.67. The van der Waals surface area contributed by atoms with Crippen LogP contribution in [0.25, 0.3) is 0 Å². The molecule has 0 fully saturated rings. The lowest BCUT2D eigenvalue weighted by Gasteiger charge is -2.26. The van der Waals surface area contributed by atoms with Crippen molar-refractivity contribution in [3.63, 3.8) is 0 Å². The average molecular weight is 330 g/mol. The first-order valence-corrected chi connectivity index (χ1v) is 7.81. The van der Waals surface area contributed by atoms with Crippen LogP contribution in [0.4, 0.5) is 0 Å². The van der Waals surface area contributed by atoms with E-state index in [0.29, 0.717) is 6.42 Å². The van der Waals surface area contributed by atoms with Gasteiger partial charge in [0, 0.05) is 0 Å². The van der Waals surface area contributed by atoms with Gasteiger partial charge < -0.3 is 27.2 Å². The molecule has 0 radical (unpaired) electrons. The monoisotopic (exact) mass is 330 g/mol. The Morgan fingerprint density at radius 2 is 1.43 bits per heavy atom. The summed E-state index contributed by atoms with van der Waals surface area (Å²) in [4.78, 5) is 35.6. The second kappa shape index (κ2) is 9.46. The van der Waals surface area contributed by atoms with Gasteiger partial charge in [0.2, 0.25) is 17.7 Å². The van der Waals surface area contributed by atoms with E-state index in [2.05, 4.69) is 10.6 Å². The predicted molar refractivity (Wildman–Crippen MR) is 87.0 cm³/mol. The summed E-state index contributed by atoms with van der Waals surface area (Å²) in [6.07, 6.45) is -0.693. The van der Waals surface area contributed by atoms with Gasteiger partial charge in [-0.05, 0) is 25.2 Å². The van der Waals surface area contributed by atoms with Gasteiger partial charge in [-0.15, -0.1) is 0 Å². The number of rotatable bonds is 9. The molecule has 0 saturated carbocycles. The Kier molecular flexibility index (Phi) is 8.78. The highest BCUT2D eigenvalue weighted by atomic mass is 16.3. The Morgan fingerprint density at radius 1 is 0.957 bits per heavy atom. The molecule has 0 aliphatic carbocycles. The number of nitrogens with two attached hydrogens (primary N) is 2. The topological polar surface area (TPSA) is 148 Å². The normalized spacial score (nSPS) is 16.6. The number of carbonyl (C=O) groups excluding carboxylic acids is 3. The fourth-order valence-electron chi connectivity index (χ4n) is 2.09. The minimum atomic E-state index is -1.21. The zero-order chi connectivity index (χ0) is 18.3. The highest BCUT2D eigenvalue weighted by Gasteiger charge is 2.31. The number of hydrogen-bond acceptors (Lipinski definition) is 5. The average Bonchev–Trinajstić information content (AvgIpc) is 2.39. The zero-order valence-corrected chi connectivity index (χ0v) is 14.5. The fraction of sp³-hybridized carbons (Fsp3) is 0.800. The van der Waals surface area contributed by atoms with Crippen LogP contribution in [0.15, 0.2) is 0 Å². The van der Waals surface area contributed by atoms with Crippen molar-refractivity contribution in [3.05, 3.63) is 0 Å². The molecule has 4 atom stereocenters. The maximum absolute atomic E-state index is 12.2. The van der Waals surface area contributed by atoms with Crippen molar-refractivity contribution in [3.8, 4) is 0 Å². The van der Waals surface area contributed by atoms with Gasteiger partial charge in [-0.3, -0.25) is 14.4 Å². The quantitative estimate of drug-likeness (QED) is 0.362. The molecule has 23 heavy (non-hydrogen) atoms. The number of aliphatic hydroxyl groups excluding tert-OH is 1. The summed E-state index contributed by atoms with van der Waals surface area (Å²) in [5, 5.41) is 14.6. The van der Waals surface area contributed by atoms with Crippen molar-refractivity contribution in [2.24, 2.45) is 23.3 Å². The number of primary amides is 1. The zero-order valence-electron chi connectivity index (χ0n) is 14.5. The number of amides is 3. The van der Waals surface area contributed by atoms with Gasteiger partial charge in [0.25, 0.3) is 0 Å². The summed E-state index contributed by atoms with van der Waals surface area (Å²) >= 11 is 0. The molecule has 8 heteroatoms. The molecule has 134 valence electrons. The number of nitrogens with one attached hydrogen (secondary N) is 2. The van der Waals surface area contributed by atoms with Crippen molar-refractivity contribution >= 4 is 17.7 Å². The third-order valence-electron chi connectivity index (χ3n) is 3.40. The van der Waals surface area contributed by atoms with Gasteiger partial charge >= 0.3 is 0 Å². The highest BCUT2D eigenvalue weighted by molar-refractivity contribution is 5.93. The maximum Gasteiger partial charge on any atom is 0.245 e. The SMILES string of the molecule is CC(C)C[C@@H](N)C(=O)N[C@@H](C(=O)N[C@@H](C(N)=O)C(C)C)[C@H](C)O. The van der Waals surface area contributed by atoms with Gasteiger partial charge in [-0.25, -0.2) is 0 Å². The largest absolute Gasteiger partial charge is 0.391 e. The molecule has 0 saturated heterocycles. The van der Waals surface area contributed by atoms with E-state index in [1.807, 2.05) is 13.8 Å². The lowest BCUT2D eigenvalue weighted by molar-refractivity contribution is -0.134. The molecule has 0 aromatic carbocycles. The van der Waals surface area contributed by atoms with Gasteiger partial charge in [0.05, 0.1) is 12.1 Å². The van der Waals surface area contributed by atoms with Crippen molar-refractivity contribution < 1.29 is 19.5 Å². The summed E-state index contributed by atoms with van der Waals surface area (Å²) in [5.41, 5.74) is 11.0. The van der Waals surface area contributed by atoms with E-state index in [4.69, 9.17) is 11.5 Å². The van der Waals surface area contributed by atoms with Gasteiger partial charge in [-0.2, -0.15) is 0 Å². The smallest absolute Gasteiger partial charge is 0.245 e. The second-order valence-electron chi connectivity index (χ2n) is 6.60. The van der Waals surface area contributed by atoms with E-state index >= 15 is 0 Å². The van der Waals surface area contributed by atoms with Crippen LogP contribution in [0.3, 0.4) is 0 Å². The molecular weight excluding hydrogens is 300 g/mol. The third-order valence-corrected chi connectivity index (χ3v) is 3.40. The maximum atomic E-state index is 12.2. The van der Waals surface area contributed by atoms with Crippen molar-refractivity contribution in [1.29, 1.82) is 0 Å². The van der Waals surface area contributed by atoms with E-state index in [1.54, 1.807) is 13.8 Å². The molecule has 0 aliphatic heterocycles. The van der Waals surface area contributed by atoms with Crippen molar-refractivity contribution in [1.82, 2.24) is 10.6 Å². The van der Waals surface area contributed by atoms with Crippen LogP contribution >= 0.6 is 0 Å². The summed E-state index contributed by atoms with van der Waals surface area (Å²) in [6, 6.07) is -2.87. The summed E-state index contributed by atoms with van der Waals surface area (Å²) in [7, 11) is 0. The summed E-state index contributed by atoms with van der Waals surface area (Å²) in [5.74, 6) is -1.89. The molecule has 0 spiro atoms. The van der Waals surface area contributed by atoms with Crippen LogP contribution < -0.4 is 22.1 Å². The Morgan fingerprint density at radius 3 is 1.78 bits per heavy atom. The molecule has 0 aromatic rings. The molecule has 0 aromatic heterocycles. The fourth-order valence-corrected chi connectivity index (χ4v) is 2.09. The van der Waals surface area contributed by atoms with Crippen LogP contribution in [0.1, 0.15) is 41.0 Å². The van der Waals surface area contributed by atoms with Crippen molar-refractivity contribution in [2.45, 2.75) is 65.3 Å². The molecule has 0 aliphatic rings. The van der Waals surface area contributed by atoms with Gasteiger partial charge in [-0.1, -0.05) is 27.7 Å². The van der Waals surface area contributed by atoms with E-state index in [0.717, 1.165) is 0 Å². The first-order valence-electron chi connectivity index (χ1n) is 7.81. The van der Waals surface area contributed by atoms with Crippen LogP contribution in [0.2, 0.25) is 0 Å². The molecule has 0 bridgehead atoms. The summed E-state index contributed by atoms with van der Waals surface area (Å²) in [6.45, 7) is 8.67. The van der Waals surface area contributed by atoms with E-state index in [-0.39, 0.29) is 11.8 Å². The minimum Gasteiger partial charge on any atom is -0.391 e. The molecule has 0 rings (SSSR count). The molecule has 0 unspecified atom stereocenters. The standard InChI is InChI=1S/C15H30N4O4/c1-7(2)6-10(16)14(22)19-12(9(5)20)15(23)18-11(8(3)4)13(17)21/h7-12,20H,6,16H2,1-5H3,(H2,17,21)(H,18,23)(H,19,22)/t9-,10+,11+,12+/m0/s1. The second-order valence-corrected chi connectivity index (χ2v) is 6.60. The Balaban J connectivity index is 4.94. The van der Waals surface area contributed by atoms with E-state index in [1.165, 1.54) is 6.92 Å². The van der Waals surface area contributed by atoms with Crippen LogP contribution in [0, 0.1) is 11.8 Å². The first kappa shape index (κ1) is 21.3. The summed E-state index contributed by atoms with van der Waals surface area (Å²) < 4.78 is 0. The van der Waals surface area contributed by atoms with Gasteiger partial charge in [0.15, 0.2) is 0 Å². The molecular formula is C15H30N4O4. The lowest BCUT2D eigenvalue weighted by Crippen LogP contribution is -2.59. The molecule has 7 N–H and O–H groups in total. The Bertz CT molecular complexity index is 424. The number of aliphatic hydroxyl groups is 1. The van der Waals surface area contributed by atoms with Crippen LogP contribution in [-0.2, 0) is 14.4 Å².